The number of aromatic nitrogens is 1. The van der Waals surface area contributed by atoms with Crippen LogP contribution in [0.5, 0.6) is 0 Å². The fourth-order valence-electron chi connectivity index (χ4n) is 1.47. The molecule has 0 aliphatic heterocycles. The molecule has 16 heavy (non-hydrogen) atoms. The van der Waals surface area contributed by atoms with Gasteiger partial charge in [0.2, 0.25) is 0 Å². The van der Waals surface area contributed by atoms with Crippen LogP contribution in [-0.4, -0.2) is 17.4 Å². The molecule has 0 aliphatic carbocycles. The molecule has 1 N–H and O–H groups in total. The van der Waals surface area contributed by atoms with Crippen molar-refractivity contribution in [1.82, 2.24) is 4.98 Å². The quantitative estimate of drug-likeness (QED) is 0.773. The Kier molecular flexibility index (Phi) is 5.00. The average Bonchev–Trinajstić information content (AvgIpc) is 2.26. The highest BCUT2D eigenvalue weighted by Gasteiger charge is 2.17. The summed E-state index contributed by atoms with van der Waals surface area (Å²) in [6, 6.07) is 2.99. The Hall–Kier alpha value is -0.830. The number of pyridine rings is 1. The zero-order chi connectivity index (χ0) is 12.0. The first kappa shape index (κ1) is 13.2. The summed E-state index contributed by atoms with van der Waals surface area (Å²) in [7, 11) is 0. The van der Waals surface area contributed by atoms with E-state index in [-0.39, 0.29) is 11.2 Å². The first-order valence-corrected chi connectivity index (χ1v) is 5.99. The number of anilines is 1. The lowest BCUT2D eigenvalue weighted by molar-refractivity contribution is 0.354. The molecule has 0 saturated heterocycles. The topological polar surface area (TPSA) is 24.9 Å². The minimum Gasteiger partial charge on any atom is -0.367 e. The molecular weight excluding hydrogens is 227 g/mol. The van der Waals surface area contributed by atoms with Gasteiger partial charge in [0.25, 0.3) is 0 Å². The molecule has 0 radical (unpaired) electrons. The van der Waals surface area contributed by atoms with Gasteiger partial charge in [0.15, 0.2) is 11.6 Å². The molecule has 90 valence electrons. The van der Waals surface area contributed by atoms with E-state index >= 15 is 0 Å². The number of rotatable bonds is 6. The van der Waals surface area contributed by atoms with E-state index in [1.54, 1.807) is 12.3 Å². The minimum atomic E-state index is -0.310. The number of nitrogens with zero attached hydrogens (tertiary/aromatic N) is 1. The summed E-state index contributed by atoms with van der Waals surface area (Å²) in [6.45, 7) is 4.96. The van der Waals surface area contributed by atoms with E-state index < -0.39 is 0 Å². The Morgan fingerprint density at radius 3 is 2.88 bits per heavy atom. The predicted octanol–water partition coefficient (Wildman–Crippen LogP) is 3.68. The van der Waals surface area contributed by atoms with E-state index in [1.165, 1.54) is 6.07 Å². The highest BCUT2D eigenvalue weighted by molar-refractivity contribution is 6.17. The van der Waals surface area contributed by atoms with Crippen LogP contribution in [0.2, 0.25) is 0 Å². The monoisotopic (exact) mass is 244 g/mol. The van der Waals surface area contributed by atoms with E-state index in [0.29, 0.717) is 18.2 Å². The van der Waals surface area contributed by atoms with Gasteiger partial charge in [-0.15, -0.1) is 11.6 Å². The van der Waals surface area contributed by atoms with Crippen LogP contribution in [0, 0.1) is 11.2 Å². The number of alkyl halides is 1. The van der Waals surface area contributed by atoms with E-state index in [1.807, 2.05) is 0 Å². The standard InChI is InChI=1S/C12H18ClFN2/c1-12(2,6-4-7-13)9-16-11-10(14)5-3-8-15-11/h3,5,8H,4,6-7,9H2,1-2H3,(H,15,16). The summed E-state index contributed by atoms with van der Waals surface area (Å²) in [5.41, 5.74) is 0.0961. The maximum Gasteiger partial charge on any atom is 0.165 e. The van der Waals surface area contributed by atoms with Crippen LogP contribution in [0.1, 0.15) is 26.7 Å². The Morgan fingerprint density at radius 2 is 2.25 bits per heavy atom. The summed E-state index contributed by atoms with van der Waals surface area (Å²) in [6.07, 6.45) is 3.57. The van der Waals surface area contributed by atoms with Crippen molar-refractivity contribution in [2.24, 2.45) is 5.41 Å². The summed E-state index contributed by atoms with van der Waals surface area (Å²) in [4.78, 5) is 3.95. The second kappa shape index (κ2) is 6.04. The van der Waals surface area contributed by atoms with Crippen molar-refractivity contribution in [3.8, 4) is 0 Å². The molecule has 0 spiro atoms. The van der Waals surface area contributed by atoms with Gasteiger partial charge in [-0.25, -0.2) is 9.37 Å². The maximum absolute atomic E-state index is 13.3. The predicted molar refractivity (Wildman–Crippen MR) is 66.4 cm³/mol. The molecule has 1 aromatic rings. The Bertz CT molecular complexity index is 329. The largest absolute Gasteiger partial charge is 0.367 e. The van der Waals surface area contributed by atoms with Crippen LogP contribution in [-0.2, 0) is 0 Å². The van der Waals surface area contributed by atoms with Gasteiger partial charge in [0.05, 0.1) is 0 Å². The molecule has 0 aliphatic rings. The van der Waals surface area contributed by atoms with Crippen molar-refractivity contribution in [2.45, 2.75) is 26.7 Å². The summed E-state index contributed by atoms with van der Waals surface area (Å²) >= 11 is 5.66. The van der Waals surface area contributed by atoms with Crippen LogP contribution in [0.25, 0.3) is 0 Å². The molecule has 2 nitrogen and oxygen atoms in total. The van der Waals surface area contributed by atoms with Crippen molar-refractivity contribution < 1.29 is 4.39 Å². The van der Waals surface area contributed by atoms with Gasteiger partial charge in [-0.2, -0.15) is 0 Å². The van der Waals surface area contributed by atoms with Crippen LogP contribution in [0.4, 0.5) is 10.2 Å². The average molecular weight is 245 g/mol. The van der Waals surface area contributed by atoms with Gasteiger partial charge < -0.3 is 5.32 Å². The zero-order valence-electron chi connectivity index (χ0n) is 9.76. The van der Waals surface area contributed by atoms with Crippen molar-refractivity contribution in [1.29, 1.82) is 0 Å². The zero-order valence-corrected chi connectivity index (χ0v) is 10.5. The molecule has 0 fully saturated rings. The third kappa shape index (κ3) is 4.35. The molecule has 0 atom stereocenters. The Balaban J connectivity index is 2.47. The fourth-order valence-corrected chi connectivity index (χ4v) is 1.61. The lowest BCUT2D eigenvalue weighted by Crippen LogP contribution is -2.24. The normalized spacial score (nSPS) is 11.5. The van der Waals surface area contributed by atoms with Gasteiger partial charge in [-0.3, -0.25) is 0 Å². The van der Waals surface area contributed by atoms with Gasteiger partial charge in [-0.1, -0.05) is 13.8 Å². The molecule has 1 aromatic heterocycles. The van der Waals surface area contributed by atoms with E-state index in [2.05, 4.69) is 24.1 Å². The maximum atomic E-state index is 13.3. The molecule has 1 rings (SSSR count). The van der Waals surface area contributed by atoms with E-state index in [9.17, 15) is 4.39 Å². The van der Waals surface area contributed by atoms with Crippen LogP contribution in [0.15, 0.2) is 18.3 Å². The van der Waals surface area contributed by atoms with Crippen LogP contribution >= 0.6 is 11.6 Å². The number of hydrogen-bond acceptors (Lipinski definition) is 2. The first-order valence-electron chi connectivity index (χ1n) is 5.45. The minimum absolute atomic E-state index is 0.0961. The van der Waals surface area contributed by atoms with Crippen molar-refractivity contribution in [2.75, 3.05) is 17.7 Å². The summed E-state index contributed by atoms with van der Waals surface area (Å²) in [5.74, 6) is 0.679. The van der Waals surface area contributed by atoms with E-state index in [4.69, 9.17) is 11.6 Å². The van der Waals surface area contributed by atoms with Crippen LogP contribution in [0.3, 0.4) is 0 Å². The second-order valence-corrected chi connectivity index (χ2v) is 5.02. The molecule has 0 amide bonds. The third-order valence-electron chi connectivity index (χ3n) is 2.48. The number of halogens is 2. The molecule has 4 heteroatoms. The molecular formula is C12H18ClFN2. The van der Waals surface area contributed by atoms with Gasteiger partial charge in [-0.05, 0) is 30.4 Å². The molecule has 0 aromatic carbocycles. The Morgan fingerprint density at radius 1 is 1.50 bits per heavy atom. The molecule has 0 unspecified atom stereocenters. The lowest BCUT2D eigenvalue weighted by atomic mass is 9.88. The Labute approximate surface area is 101 Å². The highest BCUT2D eigenvalue weighted by atomic mass is 35.5. The van der Waals surface area contributed by atoms with Gasteiger partial charge in [0.1, 0.15) is 0 Å². The van der Waals surface area contributed by atoms with Gasteiger partial charge >= 0.3 is 0 Å². The summed E-state index contributed by atoms with van der Waals surface area (Å²) in [5, 5.41) is 3.03. The smallest absolute Gasteiger partial charge is 0.165 e. The lowest BCUT2D eigenvalue weighted by Gasteiger charge is -2.24. The highest BCUT2D eigenvalue weighted by Crippen LogP contribution is 2.23. The van der Waals surface area contributed by atoms with Gasteiger partial charge in [0, 0.05) is 18.6 Å². The van der Waals surface area contributed by atoms with Crippen LogP contribution < -0.4 is 5.32 Å². The molecule has 0 bridgehead atoms. The molecule has 1 heterocycles. The summed E-state index contributed by atoms with van der Waals surface area (Å²) < 4.78 is 13.3. The van der Waals surface area contributed by atoms with E-state index in [0.717, 1.165) is 12.8 Å². The number of hydrogen-bond donors (Lipinski definition) is 1. The first-order chi connectivity index (χ1) is 7.55. The van der Waals surface area contributed by atoms with Crippen molar-refractivity contribution in [3.05, 3.63) is 24.1 Å². The second-order valence-electron chi connectivity index (χ2n) is 4.64. The fraction of sp³-hybridized carbons (Fsp3) is 0.583. The number of nitrogens with one attached hydrogen (secondary N) is 1. The SMILES string of the molecule is CC(C)(CCCCl)CNc1ncccc1F. The van der Waals surface area contributed by atoms with Crippen molar-refractivity contribution >= 4 is 17.4 Å². The van der Waals surface area contributed by atoms with Crippen molar-refractivity contribution in [3.63, 3.8) is 0 Å². The third-order valence-corrected chi connectivity index (χ3v) is 2.75. The molecule has 0 saturated carbocycles.